The molecule has 0 aromatic carbocycles. The van der Waals surface area contributed by atoms with Crippen molar-refractivity contribution in [3.8, 4) is 0 Å². The maximum absolute atomic E-state index is 13.2. The first-order valence-electron chi connectivity index (χ1n) is 20.3. The third-order valence-corrected chi connectivity index (χ3v) is 15.3. The molecule has 55 heavy (non-hydrogen) atoms. The molecule has 0 aromatic rings. The average Bonchev–Trinajstić information content (AvgIpc) is 2.89. The second kappa shape index (κ2) is 20.3. The number of carbonyl (C=O) groups is 1. The van der Waals surface area contributed by atoms with E-state index in [2.05, 4.69) is 157 Å². The zero-order chi connectivity index (χ0) is 43.4. The molecule has 9 atom stereocenters. The standard InChI is InChI=1S/C36H86O11Si8/c1-48(2,3)38-26-29-33(45-53(16,17)18)34(46-54(19,20)21)35(47-55(22,23)24)36(40-29)41-31(30(43-51(10,11)12)27-39-49(4,5)6)32(44-52(13,14)15)28(25-37)42-50(7,8)9/h25,28-36H,26-27H2,1-24H3/t28-,29+,30+,31+,32+,33+,34-,35+,36-/m0/s1. The van der Waals surface area contributed by atoms with E-state index in [9.17, 15) is 4.79 Å². The van der Waals surface area contributed by atoms with Crippen molar-refractivity contribution in [3.63, 3.8) is 0 Å². The van der Waals surface area contributed by atoms with E-state index < -0.39 is 122 Å². The Labute approximate surface area is 346 Å². The molecule has 0 spiro atoms. The maximum atomic E-state index is 13.2. The van der Waals surface area contributed by atoms with Crippen molar-refractivity contribution in [2.45, 2.75) is 212 Å². The van der Waals surface area contributed by atoms with E-state index in [0.29, 0.717) is 6.61 Å². The van der Waals surface area contributed by atoms with Gasteiger partial charge in [0.1, 0.15) is 49.0 Å². The Balaban J connectivity index is 4.31. The summed E-state index contributed by atoms with van der Waals surface area (Å²) in [5.41, 5.74) is 0. The second-order valence-electron chi connectivity index (χ2n) is 22.9. The van der Waals surface area contributed by atoms with Gasteiger partial charge in [-0.05, 0) is 157 Å². The van der Waals surface area contributed by atoms with Gasteiger partial charge in [0.2, 0.25) is 0 Å². The van der Waals surface area contributed by atoms with Crippen molar-refractivity contribution in [1.82, 2.24) is 0 Å². The molecule has 0 N–H and O–H groups in total. The van der Waals surface area contributed by atoms with Gasteiger partial charge in [0.05, 0.1) is 19.3 Å². The topological polar surface area (TPSA) is 109 Å². The fourth-order valence-electron chi connectivity index (χ4n) is 5.90. The van der Waals surface area contributed by atoms with Crippen LogP contribution >= 0.6 is 0 Å². The van der Waals surface area contributed by atoms with Crippen molar-refractivity contribution in [1.29, 1.82) is 0 Å². The van der Waals surface area contributed by atoms with Gasteiger partial charge in [-0.2, -0.15) is 0 Å². The van der Waals surface area contributed by atoms with E-state index in [1.54, 1.807) is 0 Å². The second-order valence-corrected chi connectivity index (χ2v) is 58.7. The van der Waals surface area contributed by atoms with Gasteiger partial charge in [-0.25, -0.2) is 0 Å². The van der Waals surface area contributed by atoms with E-state index in [-0.39, 0.29) is 6.61 Å². The molecular formula is C36H86O11Si8. The van der Waals surface area contributed by atoms with Crippen LogP contribution in [0.4, 0.5) is 0 Å². The molecule has 1 aliphatic heterocycles. The summed E-state index contributed by atoms with van der Waals surface area (Å²) in [6.45, 7) is 52.3. The molecule has 1 heterocycles. The molecule has 0 radical (unpaired) electrons. The molecule has 0 amide bonds. The molecule has 1 rings (SSSR count). The summed E-state index contributed by atoms with van der Waals surface area (Å²) in [6, 6.07) is 0. The Morgan fingerprint density at radius 1 is 0.473 bits per heavy atom. The Bertz CT molecular complexity index is 1160. The zero-order valence-corrected chi connectivity index (χ0v) is 47.7. The Morgan fingerprint density at radius 3 is 1.27 bits per heavy atom. The zero-order valence-electron chi connectivity index (χ0n) is 39.7. The smallest absolute Gasteiger partial charge is 0.186 e. The highest BCUT2D eigenvalue weighted by Crippen LogP contribution is 2.37. The van der Waals surface area contributed by atoms with Crippen LogP contribution < -0.4 is 0 Å². The largest absolute Gasteiger partial charge is 0.415 e. The van der Waals surface area contributed by atoms with Crippen LogP contribution in [0.25, 0.3) is 0 Å². The molecule has 0 saturated carbocycles. The molecule has 1 fully saturated rings. The van der Waals surface area contributed by atoms with Crippen molar-refractivity contribution >= 4 is 72.8 Å². The summed E-state index contributed by atoms with van der Waals surface area (Å²) >= 11 is 0. The SMILES string of the molecule is C[Si](C)(C)OC[C@H]1O[C@@H](O[C@@H]([C@H](O[Si](C)(C)C)[C@H](C=O)O[Si](C)(C)C)[C@@H](CO[Si](C)(C)C)O[Si](C)(C)C)[C@H](O[Si](C)(C)C)[C@@H](O[Si](C)(C)C)[C@@H]1O[Si](C)(C)C. The first-order chi connectivity index (χ1) is 24.2. The van der Waals surface area contributed by atoms with Crippen LogP contribution in [0.3, 0.4) is 0 Å². The Morgan fingerprint density at radius 2 is 0.891 bits per heavy atom. The van der Waals surface area contributed by atoms with Gasteiger partial charge < -0.3 is 49.7 Å². The normalized spacial score (nSPS) is 25.1. The molecule has 1 aliphatic rings. The van der Waals surface area contributed by atoms with Gasteiger partial charge in [0, 0.05) is 0 Å². The van der Waals surface area contributed by atoms with Crippen molar-refractivity contribution < 1.29 is 49.7 Å². The van der Waals surface area contributed by atoms with Crippen LogP contribution in [0.1, 0.15) is 0 Å². The minimum absolute atomic E-state index is 0.263. The van der Waals surface area contributed by atoms with Gasteiger partial charge in [-0.1, -0.05) is 0 Å². The van der Waals surface area contributed by atoms with Crippen LogP contribution in [-0.2, 0) is 49.7 Å². The predicted octanol–water partition coefficient (Wildman–Crippen LogP) is 9.32. The summed E-state index contributed by atoms with van der Waals surface area (Å²) in [4.78, 5) is 13.2. The van der Waals surface area contributed by atoms with Crippen molar-refractivity contribution in [2.24, 2.45) is 0 Å². The number of carbonyl (C=O) groups excluding carboxylic acids is 1. The number of ether oxygens (including phenoxy) is 2. The lowest BCUT2D eigenvalue weighted by atomic mass is 9.98. The quantitative estimate of drug-likeness (QED) is 0.0683. The molecule has 0 bridgehead atoms. The molecule has 1 saturated heterocycles. The highest BCUT2D eigenvalue weighted by atomic mass is 28.4. The number of hydrogen-bond donors (Lipinski definition) is 0. The summed E-state index contributed by atoms with van der Waals surface area (Å²) in [5, 5.41) is 0. The van der Waals surface area contributed by atoms with Gasteiger partial charge in [-0.3, -0.25) is 0 Å². The predicted molar refractivity (Wildman–Crippen MR) is 248 cm³/mol. The molecule has 328 valence electrons. The van der Waals surface area contributed by atoms with Crippen LogP contribution in [0.2, 0.25) is 157 Å². The monoisotopic (exact) mass is 918 g/mol. The Kier molecular flexibility index (Phi) is 19.9. The lowest BCUT2D eigenvalue weighted by Gasteiger charge is -2.52. The number of hydrogen-bond acceptors (Lipinski definition) is 11. The summed E-state index contributed by atoms with van der Waals surface area (Å²) in [7, 11) is -17.5. The third-order valence-electron chi connectivity index (χ3n) is 7.34. The molecule has 0 aromatic heterocycles. The number of rotatable bonds is 24. The fourth-order valence-corrected chi connectivity index (χ4v) is 13.7. The lowest BCUT2D eigenvalue weighted by Crippen LogP contribution is -2.68. The van der Waals surface area contributed by atoms with Crippen molar-refractivity contribution in [2.75, 3.05) is 13.2 Å². The molecule has 0 aliphatic carbocycles. The van der Waals surface area contributed by atoms with Crippen LogP contribution in [-0.4, -0.2) is 141 Å². The van der Waals surface area contributed by atoms with Crippen LogP contribution in [0.5, 0.6) is 0 Å². The maximum Gasteiger partial charge on any atom is 0.186 e. The number of aldehydes is 1. The highest BCUT2D eigenvalue weighted by molar-refractivity contribution is 6.72. The van der Waals surface area contributed by atoms with Crippen molar-refractivity contribution in [3.05, 3.63) is 0 Å². The van der Waals surface area contributed by atoms with E-state index in [4.69, 9.17) is 44.9 Å². The van der Waals surface area contributed by atoms with E-state index in [0.717, 1.165) is 6.29 Å². The molecule has 0 unspecified atom stereocenters. The summed E-state index contributed by atoms with van der Waals surface area (Å²) in [6.07, 6.45) is -5.37. The first-order valence-corrected chi connectivity index (χ1v) is 47.6. The fraction of sp³-hybridized carbons (Fsp3) is 0.972. The summed E-state index contributed by atoms with van der Waals surface area (Å²) < 4.78 is 69.9. The van der Waals surface area contributed by atoms with E-state index in [1.807, 2.05) is 0 Å². The van der Waals surface area contributed by atoms with E-state index >= 15 is 0 Å². The highest BCUT2D eigenvalue weighted by Gasteiger charge is 2.55. The van der Waals surface area contributed by atoms with Gasteiger partial charge in [0.15, 0.2) is 72.8 Å². The van der Waals surface area contributed by atoms with Crippen LogP contribution in [0, 0.1) is 0 Å². The minimum Gasteiger partial charge on any atom is -0.415 e. The van der Waals surface area contributed by atoms with Gasteiger partial charge in [0.25, 0.3) is 0 Å². The van der Waals surface area contributed by atoms with Gasteiger partial charge >= 0.3 is 0 Å². The minimum atomic E-state index is -2.35. The first kappa shape index (κ1) is 54.0. The Hall–Kier alpha value is 1.01. The molecule has 19 heteroatoms. The third kappa shape index (κ3) is 23.6. The van der Waals surface area contributed by atoms with Crippen LogP contribution in [0.15, 0.2) is 0 Å². The summed E-state index contributed by atoms with van der Waals surface area (Å²) in [5.74, 6) is 0. The molecule has 11 nitrogen and oxygen atoms in total. The van der Waals surface area contributed by atoms with Gasteiger partial charge in [-0.15, -0.1) is 0 Å². The van der Waals surface area contributed by atoms with E-state index in [1.165, 1.54) is 0 Å². The lowest BCUT2D eigenvalue weighted by molar-refractivity contribution is -0.316. The molecular weight excluding hydrogens is 833 g/mol. The average molecular weight is 920 g/mol.